The van der Waals surface area contributed by atoms with E-state index < -0.39 is 18.1 Å². The third kappa shape index (κ3) is 8.97. The van der Waals surface area contributed by atoms with Crippen LogP contribution in [0.2, 0.25) is 0 Å². The number of carbonyl (C=O) groups is 3. The number of benzene rings is 1. The lowest BCUT2D eigenvalue weighted by molar-refractivity contribution is -0.148. The highest BCUT2D eigenvalue weighted by Crippen LogP contribution is 2.42. The van der Waals surface area contributed by atoms with Crippen molar-refractivity contribution in [3.8, 4) is 11.4 Å². The van der Waals surface area contributed by atoms with Crippen LogP contribution in [0.3, 0.4) is 0 Å². The average molecular weight is 711 g/mol. The monoisotopic (exact) mass is 710 g/mol. The Bertz CT molecular complexity index is 1700. The number of carboxylic acids is 1. The second kappa shape index (κ2) is 16.2. The molecule has 3 aliphatic rings. The maximum atomic E-state index is 13.8. The Morgan fingerprint density at radius 3 is 2.27 bits per heavy atom. The van der Waals surface area contributed by atoms with Crippen LogP contribution in [0.1, 0.15) is 124 Å². The van der Waals surface area contributed by atoms with E-state index in [-0.39, 0.29) is 23.7 Å². The number of carboxylic acid groups (broad SMARTS) is 1. The van der Waals surface area contributed by atoms with Gasteiger partial charge in [0.05, 0.1) is 4.88 Å². The van der Waals surface area contributed by atoms with Gasteiger partial charge in [0.2, 0.25) is 5.91 Å². The molecule has 1 saturated heterocycles. The molecule has 6 rings (SSSR count). The van der Waals surface area contributed by atoms with Crippen LogP contribution in [0.5, 0.6) is 0 Å². The van der Waals surface area contributed by atoms with Crippen molar-refractivity contribution in [1.82, 2.24) is 20.2 Å². The van der Waals surface area contributed by atoms with Crippen LogP contribution in [0.15, 0.2) is 54.9 Å². The van der Waals surface area contributed by atoms with E-state index in [2.05, 4.69) is 39.1 Å². The second-order valence-electron chi connectivity index (χ2n) is 16.0. The van der Waals surface area contributed by atoms with Gasteiger partial charge in [0.25, 0.3) is 5.91 Å². The fourth-order valence-electron chi connectivity index (χ4n) is 8.35. The Hall–Kier alpha value is -3.85. The van der Waals surface area contributed by atoms with Crippen molar-refractivity contribution < 1.29 is 19.5 Å². The number of thiophene rings is 1. The molecule has 3 atom stereocenters. The van der Waals surface area contributed by atoms with Gasteiger partial charge in [0.1, 0.15) is 12.1 Å². The smallest absolute Gasteiger partial charge is 0.326 e. The molecule has 2 amide bonds. The zero-order valence-corrected chi connectivity index (χ0v) is 31.5. The number of aromatic nitrogens is 2. The fourth-order valence-corrected chi connectivity index (χ4v) is 9.32. The summed E-state index contributed by atoms with van der Waals surface area (Å²) >= 11 is 1.41. The predicted octanol–water partition coefficient (Wildman–Crippen LogP) is 8.71. The Balaban J connectivity index is 1.10. The number of hydrogen-bond acceptors (Lipinski definition) is 6. The van der Waals surface area contributed by atoms with Gasteiger partial charge < -0.3 is 15.3 Å². The molecule has 0 radical (unpaired) electrons. The highest BCUT2D eigenvalue weighted by Gasteiger charge is 2.38. The van der Waals surface area contributed by atoms with Gasteiger partial charge in [0, 0.05) is 41.4 Å². The van der Waals surface area contributed by atoms with E-state index in [1.807, 2.05) is 42.7 Å². The number of allylic oxidation sites excluding steroid dienone is 2. The molecule has 9 heteroatoms. The quantitative estimate of drug-likeness (QED) is 0.206. The molecule has 2 fully saturated rings. The summed E-state index contributed by atoms with van der Waals surface area (Å²) in [5.74, 6) is 1.57. The summed E-state index contributed by atoms with van der Waals surface area (Å²) in [4.78, 5) is 51.6. The number of nitrogens with zero attached hydrogens (tertiary/aromatic N) is 3. The molecular formula is C42H54N4O4S. The van der Waals surface area contributed by atoms with Crippen LogP contribution in [0.4, 0.5) is 0 Å². The molecule has 0 bridgehead atoms. The van der Waals surface area contributed by atoms with Crippen LogP contribution in [-0.2, 0) is 21.4 Å². The molecule has 1 unspecified atom stereocenters. The zero-order valence-electron chi connectivity index (χ0n) is 30.7. The minimum Gasteiger partial charge on any atom is -0.480 e. The zero-order chi connectivity index (χ0) is 36.1. The molecular weight excluding hydrogens is 657 g/mol. The molecule has 3 aromatic rings. The summed E-state index contributed by atoms with van der Waals surface area (Å²) < 4.78 is 0. The molecule has 2 aliphatic carbocycles. The molecule has 2 aromatic heterocycles. The van der Waals surface area contributed by atoms with Gasteiger partial charge in [-0.15, -0.1) is 11.3 Å². The lowest BCUT2D eigenvalue weighted by Gasteiger charge is -2.35. The van der Waals surface area contributed by atoms with Gasteiger partial charge in [-0.1, -0.05) is 83.7 Å². The Labute approximate surface area is 307 Å². The van der Waals surface area contributed by atoms with Crippen molar-refractivity contribution in [3.63, 3.8) is 0 Å². The van der Waals surface area contributed by atoms with E-state index in [1.54, 1.807) is 6.07 Å². The molecule has 51 heavy (non-hydrogen) atoms. The van der Waals surface area contributed by atoms with E-state index in [0.29, 0.717) is 30.1 Å². The minimum atomic E-state index is -1.02. The minimum absolute atomic E-state index is 0.0993. The van der Waals surface area contributed by atoms with Gasteiger partial charge in [0.15, 0.2) is 5.82 Å². The van der Waals surface area contributed by atoms with E-state index in [1.165, 1.54) is 66.8 Å². The maximum absolute atomic E-state index is 13.8. The summed E-state index contributed by atoms with van der Waals surface area (Å²) in [7, 11) is 0. The highest BCUT2D eigenvalue weighted by molar-refractivity contribution is 7.14. The number of hydrogen-bond donors (Lipinski definition) is 2. The largest absolute Gasteiger partial charge is 0.480 e. The molecule has 272 valence electrons. The SMILES string of the molecule is CCCC1CCC(C2CC=C(c3cnc(-c4ccc(C[C@H](NC(=O)c5ccc(C(C)(C)C)s5)C(=O)N5CCC[C@H]5C(=O)O)cc4)nc3)CC2)CC1. The van der Waals surface area contributed by atoms with Crippen molar-refractivity contribution in [1.29, 1.82) is 0 Å². The van der Waals surface area contributed by atoms with Crippen LogP contribution in [0, 0.1) is 17.8 Å². The predicted molar refractivity (Wildman–Crippen MR) is 203 cm³/mol. The van der Waals surface area contributed by atoms with E-state index >= 15 is 0 Å². The van der Waals surface area contributed by atoms with Crippen molar-refractivity contribution in [2.45, 2.75) is 122 Å². The van der Waals surface area contributed by atoms with Crippen LogP contribution >= 0.6 is 11.3 Å². The summed E-state index contributed by atoms with van der Waals surface area (Å²) in [6, 6.07) is 9.70. The van der Waals surface area contributed by atoms with E-state index in [9.17, 15) is 19.5 Å². The molecule has 1 aliphatic heterocycles. The number of amides is 2. The van der Waals surface area contributed by atoms with Gasteiger partial charge in [-0.3, -0.25) is 9.59 Å². The first-order chi connectivity index (χ1) is 24.5. The summed E-state index contributed by atoms with van der Waals surface area (Å²) in [5.41, 5.74) is 4.07. The first-order valence-corrected chi connectivity index (χ1v) is 19.9. The number of rotatable bonds is 11. The molecule has 8 nitrogen and oxygen atoms in total. The topological polar surface area (TPSA) is 112 Å². The summed E-state index contributed by atoms with van der Waals surface area (Å²) in [6.07, 6.45) is 19.4. The first kappa shape index (κ1) is 36.9. The fraction of sp³-hybridized carbons (Fsp3) is 0.548. The second-order valence-corrected chi connectivity index (χ2v) is 17.1. The Kier molecular flexibility index (Phi) is 11.7. The van der Waals surface area contributed by atoms with Crippen molar-refractivity contribution in [2.24, 2.45) is 17.8 Å². The number of aliphatic carboxylic acids is 1. The molecule has 2 N–H and O–H groups in total. The number of nitrogens with one attached hydrogen (secondary N) is 1. The standard InChI is InChI=1S/C42H54N4O4S/c1-5-7-27-9-13-29(14-10-27)30-17-19-31(20-18-30)33-25-43-38(44-26-33)32-15-11-28(12-16-32)24-34(40(48)46-23-6-8-35(46)41(49)50)45-39(47)36-21-22-37(51-36)42(2,3)4/h11-12,15-16,19,21-22,25-27,29-30,34-35H,5-10,13-14,17-18,20,23-24H2,1-4H3,(H,45,47)(H,49,50)/t27?,29?,30?,34-,35-/m0/s1. The maximum Gasteiger partial charge on any atom is 0.326 e. The van der Waals surface area contributed by atoms with Crippen LogP contribution in [0.25, 0.3) is 17.0 Å². The van der Waals surface area contributed by atoms with Gasteiger partial charge >= 0.3 is 5.97 Å². The highest BCUT2D eigenvalue weighted by atomic mass is 32.1. The molecule has 3 heterocycles. The molecule has 0 spiro atoms. The van der Waals surface area contributed by atoms with Crippen LogP contribution in [-0.4, -0.2) is 56.4 Å². The van der Waals surface area contributed by atoms with Gasteiger partial charge in [-0.2, -0.15) is 0 Å². The third-order valence-electron chi connectivity index (χ3n) is 11.4. The number of likely N-dealkylation sites (tertiary alicyclic amines) is 1. The van der Waals surface area contributed by atoms with E-state index in [0.717, 1.165) is 52.2 Å². The molecule has 1 aromatic carbocycles. The van der Waals surface area contributed by atoms with Crippen LogP contribution < -0.4 is 5.32 Å². The van der Waals surface area contributed by atoms with Crippen molar-refractivity contribution >= 4 is 34.7 Å². The number of carbonyl (C=O) groups excluding carboxylic acids is 2. The van der Waals surface area contributed by atoms with Crippen molar-refractivity contribution in [3.05, 3.63) is 75.7 Å². The first-order valence-electron chi connectivity index (χ1n) is 19.1. The normalized spacial score (nSPS) is 23.1. The summed E-state index contributed by atoms with van der Waals surface area (Å²) in [5, 5.41) is 12.7. The summed E-state index contributed by atoms with van der Waals surface area (Å²) in [6.45, 7) is 8.95. The van der Waals surface area contributed by atoms with Gasteiger partial charge in [-0.05, 0) is 91.4 Å². The Morgan fingerprint density at radius 1 is 0.941 bits per heavy atom. The third-order valence-corrected chi connectivity index (χ3v) is 12.9. The molecule has 1 saturated carbocycles. The Morgan fingerprint density at radius 2 is 1.67 bits per heavy atom. The van der Waals surface area contributed by atoms with Gasteiger partial charge in [-0.25, -0.2) is 14.8 Å². The average Bonchev–Trinajstić information content (AvgIpc) is 3.84. The van der Waals surface area contributed by atoms with Crippen molar-refractivity contribution in [2.75, 3.05) is 6.54 Å². The lowest BCUT2D eigenvalue weighted by Crippen LogP contribution is -2.52. The van der Waals surface area contributed by atoms with E-state index in [4.69, 9.17) is 9.97 Å². The lowest BCUT2D eigenvalue weighted by atomic mass is 9.70.